The summed E-state index contributed by atoms with van der Waals surface area (Å²) in [6, 6.07) is 2.90. The first-order chi connectivity index (χ1) is 9.83. The first kappa shape index (κ1) is 14.3. The van der Waals surface area contributed by atoms with Crippen LogP contribution in [0.1, 0.15) is 37.5 Å². The van der Waals surface area contributed by atoms with Crippen LogP contribution in [0, 0.1) is 0 Å². The maximum Gasteiger partial charge on any atom is 0.141 e. The molecule has 0 N–H and O–H groups in total. The molecule has 0 amide bonds. The molecule has 0 aromatic carbocycles. The predicted molar refractivity (Wildman–Crippen MR) is 90.2 cm³/mol. The van der Waals surface area contributed by atoms with E-state index in [0.717, 1.165) is 28.9 Å². The molecule has 0 spiro atoms. The van der Waals surface area contributed by atoms with Crippen LogP contribution in [0.4, 0.5) is 5.82 Å². The Hall–Kier alpha value is -0.680. The number of hydrogen-bond donors (Lipinski definition) is 0. The molecule has 1 unspecified atom stereocenters. The van der Waals surface area contributed by atoms with Gasteiger partial charge in [-0.2, -0.15) is 0 Å². The molecule has 2 aromatic rings. The minimum atomic E-state index is 0.617. The molecule has 2 aromatic heterocycles. The van der Waals surface area contributed by atoms with Gasteiger partial charge in [-0.25, -0.2) is 9.97 Å². The number of alkyl halides is 1. The van der Waals surface area contributed by atoms with E-state index in [2.05, 4.69) is 43.8 Å². The summed E-state index contributed by atoms with van der Waals surface area (Å²) in [5.41, 5.74) is 0. The molecule has 0 bridgehead atoms. The van der Waals surface area contributed by atoms with E-state index in [0.29, 0.717) is 6.04 Å². The molecule has 1 aliphatic heterocycles. The summed E-state index contributed by atoms with van der Waals surface area (Å²) in [7, 11) is 0. The molecule has 5 heteroatoms. The number of aromatic nitrogens is 2. The summed E-state index contributed by atoms with van der Waals surface area (Å²) in [5.74, 6) is 1.15. The summed E-state index contributed by atoms with van der Waals surface area (Å²) in [5, 5.41) is 2.31. The van der Waals surface area contributed by atoms with Crippen LogP contribution in [-0.2, 0) is 6.42 Å². The Kier molecular flexibility index (Phi) is 4.56. The van der Waals surface area contributed by atoms with Crippen LogP contribution in [0.25, 0.3) is 10.2 Å². The molecule has 1 aliphatic rings. The van der Waals surface area contributed by atoms with Crippen molar-refractivity contribution in [2.24, 2.45) is 0 Å². The second-order valence-electron chi connectivity index (χ2n) is 5.30. The molecule has 0 aliphatic carbocycles. The van der Waals surface area contributed by atoms with Crippen molar-refractivity contribution in [3.05, 3.63) is 17.3 Å². The van der Waals surface area contributed by atoms with Crippen molar-refractivity contribution >= 4 is 43.3 Å². The van der Waals surface area contributed by atoms with E-state index in [1.807, 2.05) is 0 Å². The van der Waals surface area contributed by atoms with Crippen LogP contribution >= 0.6 is 27.3 Å². The smallest absolute Gasteiger partial charge is 0.141 e. The van der Waals surface area contributed by atoms with Gasteiger partial charge in [-0.15, -0.1) is 11.3 Å². The second-order valence-corrected chi connectivity index (χ2v) is 7.21. The Morgan fingerprint density at radius 3 is 3.10 bits per heavy atom. The maximum absolute atomic E-state index is 4.62. The quantitative estimate of drug-likeness (QED) is 0.762. The highest BCUT2D eigenvalue weighted by Gasteiger charge is 2.25. The van der Waals surface area contributed by atoms with Gasteiger partial charge in [0.25, 0.3) is 0 Å². The fourth-order valence-corrected chi connectivity index (χ4v) is 4.46. The van der Waals surface area contributed by atoms with E-state index < -0.39 is 0 Å². The number of fused-ring (bicyclic) bond motifs is 1. The van der Waals surface area contributed by atoms with E-state index in [-0.39, 0.29) is 0 Å². The number of anilines is 1. The van der Waals surface area contributed by atoms with Crippen molar-refractivity contribution in [2.45, 2.75) is 45.1 Å². The third-order valence-electron chi connectivity index (χ3n) is 4.05. The van der Waals surface area contributed by atoms with Gasteiger partial charge in [-0.1, -0.05) is 22.9 Å². The Morgan fingerprint density at radius 2 is 2.30 bits per heavy atom. The van der Waals surface area contributed by atoms with E-state index in [9.17, 15) is 0 Å². The molecule has 0 radical (unpaired) electrons. The van der Waals surface area contributed by atoms with Gasteiger partial charge < -0.3 is 4.90 Å². The van der Waals surface area contributed by atoms with Crippen molar-refractivity contribution in [3.63, 3.8) is 0 Å². The zero-order chi connectivity index (χ0) is 13.9. The Morgan fingerprint density at radius 1 is 1.40 bits per heavy atom. The average Bonchev–Trinajstić information content (AvgIpc) is 2.91. The summed E-state index contributed by atoms with van der Waals surface area (Å²) < 4.78 is 0. The summed E-state index contributed by atoms with van der Waals surface area (Å²) >= 11 is 5.40. The average molecular weight is 354 g/mol. The number of nitrogens with zero attached hydrogens (tertiary/aromatic N) is 3. The third-order valence-corrected chi connectivity index (χ3v) is 5.69. The van der Waals surface area contributed by atoms with Crippen LogP contribution in [0.5, 0.6) is 0 Å². The lowest BCUT2D eigenvalue weighted by molar-refractivity contribution is 0.450. The lowest BCUT2D eigenvalue weighted by Crippen LogP contribution is -2.40. The monoisotopic (exact) mass is 353 g/mol. The summed E-state index contributed by atoms with van der Waals surface area (Å²) in [6.07, 6.45) is 7.89. The number of rotatable bonds is 4. The maximum atomic E-state index is 4.62. The van der Waals surface area contributed by atoms with E-state index in [4.69, 9.17) is 0 Å². The SMILES string of the molecule is CCc1cc2c(N3CCCCC3CCBr)ncnc2s1. The van der Waals surface area contributed by atoms with Crippen LogP contribution < -0.4 is 4.90 Å². The molecule has 20 heavy (non-hydrogen) atoms. The molecule has 108 valence electrons. The molecule has 1 saturated heterocycles. The number of thiophene rings is 1. The van der Waals surface area contributed by atoms with E-state index >= 15 is 0 Å². The molecular weight excluding hydrogens is 334 g/mol. The van der Waals surface area contributed by atoms with Gasteiger partial charge in [-0.3, -0.25) is 0 Å². The Bertz CT molecular complexity index is 582. The van der Waals surface area contributed by atoms with Gasteiger partial charge in [0.1, 0.15) is 17.0 Å². The van der Waals surface area contributed by atoms with Gasteiger partial charge in [0, 0.05) is 22.8 Å². The van der Waals surface area contributed by atoms with Crippen LogP contribution in [0.3, 0.4) is 0 Å². The molecule has 3 nitrogen and oxygen atoms in total. The molecule has 3 heterocycles. The first-order valence-electron chi connectivity index (χ1n) is 7.39. The molecule has 0 saturated carbocycles. The molecule has 1 atom stereocenters. The van der Waals surface area contributed by atoms with Crippen LogP contribution in [-0.4, -0.2) is 27.9 Å². The Labute approximate surface area is 132 Å². The first-order valence-corrected chi connectivity index (χ1v) is 9.33. The third kappa shape index (κ3) is 2.70. The van der Waals surface area contributed by atoms with Crippen molar-refractivity contribution in [1.29, 1.82) is 0 Å². The zero-order valence-electron chi connectivity index (χ0n) is 11.8. The van der Waals surface area contributed by atoms with Gasteiger partial charge in [0.15, 0.2) is 0 Å². The Balaban J connectivity index is 2.00. The molecule has 1 fully saturated rings. The van der Waals surface area contributed by atoms with Gasteiger partial charge >= 0.3 is 0 Å². The number of aryl methyl sites for hydroxylation is 1. The minimum absolute atomic E-state index is 0.617. The summed E-state index contributed by atoms with van der Waals surface area (Å²) in [4.78, 5) is 14.1. The van der Waals surface area contributed by atoms with Crippen molar-refractivity contribution < 1.29 is 0 Å². The van der Waals surface area contributed by atoms with Crippen LogP contribution in [0.2, 0.25) is 0 Å². The minimum Gasteiger partial charge on any atom is -0.353 e. The molecular formula is C15H20BrN3S. The summed E-state index contributed by atoms with van der Waals surface area (Å²) in [6.45, 7) is 3.33. The topological polar surface area (TPSA) is 29.0 Å². The standard InChI is InChI=1S/C15H20BrN3S/c1-2-12-9-13-14(17-10-18-15(13)20-12)19-8-4-3-5-11(19)6-7-16/h9-11H,2-8H2,1H3. The van der Waals surface area contributed by atoms with E-state index in [1.165, 1.54) is 35.9 Å². The highest BCUT2D eigenvalue weighted by Crippen LogP contribution is 2.34. The second kappa shape index (κ2) is 6.39. The number of hydrogen-bond acceptors (Lipinski definition) is 4. The highest BCUT2D eigenvalue weighted by atomic mass is 79.9. The van der Waals surface area contributed by atoms with Gasteiger partial charge in [-0.05, 0) is 38.2 Å². The molecule has 3 rings (SSSR count). The fourth-order valence-electron chi connectivity index (χ4n) is 3.00. The lowest BCUT2D eigenvalue weighted by atomic mass is 10.00. The fraction of sp³-hybridized carbons (Fsp3) is 0.600. The van der Waals surface area contributed by atoms with Crippen molar-refractivity contribution in [2.75, 3.05) is 16.8 Å². The van der Waals surface area contributed by atoms with Crippen molar-refractivity contribution in [3.8, 4) is 0 Å². The normalized spacial score (nSPS) is 19.7. The number of halogens is 1. The van der Waals surface area contributed by atoms with Crippen molar-refractivity contribution in [1.82, 2.24) is 9.97 Å². The van der Waals surface area contributed by atoms with E-state index in [1.54, 1.807) is 17.7 Å². The zero-order valence-corrected chi connectivity index (χ0v) is 14.2. The van der Waals surface area contributed by atoms with Gasteiger partial charge in [0.05, 0.1) is 5.39 Å². The predicted octanol–water partition coefficient (Wildman–Crippen LogP) is 4.40. The lowest BCUT2D eigenvalue weighted by Gasteiger charge is -2.36. The number of piperidine rings is 1. The largest absolute Gasteiger partial charge is 0.353 e. The van der Waals surface area contributed by atoms with Crippen LogP contribution in [0.15, 0.2) is 12.4 Å². The van der Waals surface area contributed by atoms with Gasteiger partial charge in [0.2, 0.25) is 0 Å². The highest BCUT2D eigenvalue weighted by molar-refractivity contribution is 9.09.